The molecule has 0 aromatic carbocycles. The predicted molar refractivity (Wildman–Crippen MR) is 34.8 cm³/mol. The first kappa shape index (κ1) is 7.45. The minimum atomic E-state index is -1.45. The highest BCUT2D eigenvalue weighted by Crippen LogP contribution is 2.38. The van der Waals surface area contributed by atoms with E-state index >= 15 is 0 Å². The summed E-state index contributed by atoms with van der Waals surface area (Å²) < 4.78 is 3.02. The topological polar surface area (TPSA) is 26.3 Å². The zero-order valence-electron chi connectivity index (χ0n) is 4.23. The number of carbonyl (C=O) groups is 1. The molecule has 1 fully saturated rings. The average Bonchev–Trinajstić information content (AvgIpc) is 1.55. The molecule has 1 aliphatic heterocycles. The van der Waals surface area contributed by atoms with E-state index in [9.17, 15) is 4.79 Å². The first-order valence-electron chi connectivity index (χ1n) is 2.26. The zero-order valence-corrected chi connectivity index (χ0v) is 6.50. The number of cyclic esters (lactones) is 1. The molecule has 1 aliphatic rings. The highest BCUT2D eigenvalue weighted by molar-refractivity contribution is 6.68. The van der Waals surface area contributed by atoms with Crippen molar-refractivity contribution in [2.45, 2.75) is 16.3 Å². The Morgan fingerprint density at radius 2 is 2.00 bits per heavy atom. The number of alkyl halides is 3. The quantitative estimate of drug-likeness (QED) is 0.428. The summed E-state index contributed by atoms with van der Waals surface area (Å²) in [7, 11) is 0. The van der Waals surface area contributed by atoms with Gasteiger partial charge in [0.2, 0.25) is 3.79 Å². The fraction of sp³-hybridized carbons (Fsp3) is 0.750. The molecular formula is C4H3Cl3O2. The van der Waals surface area contributed by atoms with Gasteiger partial charge in [0, 0.05) is 0 Å². The predicted octanol–water partition coefficient (Wildman–Crippen LogP) is 1.67. The van der Waals surface area contributed by atoms with Crippen LogP contribution in [0.3, 0.4) is 0 Å². The summed E-state index contributed by atoms with van der Waals surface area (Å²) >= 11 is 16.1. The molecule has 0 amide bonds. The third kappa shape index (κ3) is 1.63. The van der Waals surface area contributed by atoms with Gasteiger partial charge < -0.3 is 4.74 Å². The Morgan fingerprint density at radius 1 is 1.56 bits per heavy atom. The summed E-state index contributed by atoms with van der Waals surface area (Å²) in [5.74, 6) is -0.314. The van der Waals surface area contributed by atoms with Crippen molar-refractivity contribution in [2.75, 3.05) is 0 Å². The lowest BCUT2D eigenvalue weighted by Gasteiger charge is -2.30. The van der Waals surface area contributed by atoms with Gasteiger partial charge in [-0.1, -0.05) is 34.8 Å². The summed E-state index contributed by atoms with van der Waals surface area (Å²) in [6.07, 6.45) is -0.341. The molecule has 0 saturated carbocycles. The van der Waals surface area contributed by atoms with E-state index in [4.69, 9.17) is 34.8 Å². The second-order valence-electron chi connectivity index (χ2n) is 1.72. The maximum Gasteiger partial charge on any atom is 0.310 e. The number of hydrogen-bond acceptors (Lipinski definition) is 2. The van der Waals surface area contributed by atoms with E-state index in [1.165, 1.54) is 0 Å². The van der Waals surface area contributed by atoms with Crippen LogP contribution in [0, 0.1) is 0 Å². The molecule has 1 heterocycles. The fourth-order valence-corrected chi connectivity index (χ4v) is 0.848. The summed E-state index contributed by atoms with van der Waals surface area (Å²) in [4.78, 5) is 10.2. The largest absolute Gasteiger partial charge is 0.457 e. The van der Waals surface area contributed by atoms with Crippen LogP contribution < -0.4 is 0 Å². The summed E-state index contributed by atoms with van der Waals surface area (Å²) in [6, 6.07) is 0. The Hall–Kier alpha value is 0.340. The molecule has 1 rings (SSSR count). The van der Waals surface area contributed by atoms with Gasteiger partial charge in [0.15, 0.2) is 6.10 Å². The SMILES string of the molecule is O=C1C[C@@H](C(Cl)(Cl)Cl)O1. The van der Waals surface area contributed by atoms with Crippen LogP contribution in [0.25, 0.3) is 0 Å². The van der Waals surface area contributed by atoms with Crippen LogP contribution in [0.1, 0.15) is 6.42 Å². The number of hydrogen-bond donors (Lipinski definition) is 0. The highest BCUT2D eigenvalue weighted by Gasteiger charge is 2.44. The van der Waals surface area contributed by atoms with Crippen LogP contribution >= 0.6 is 34.8 Å². The summed E-state index contributed by atoms with van der Waals surface area (Å²) in [6.45, 7) is 0. The molecule has 0 N–H and O–H groups in total. The molecule has 0 unspecified atom stereocenters. The Kier molecular flexibility index (Phi) is 1.81. The van der Waals surface area contributed by atoms with Gasteiger partial charge in [-0.2, -0.15) is 0 Å². The summed E-state index contributed by atoms with van der Waals surface area (Å²) in [5, 5.41) is 0. The molecule has 0 radical (unpaired) electrons. The van der Waals surface area contributed by atoms with Crippen molar-refractivity contribution >= 4 is 40.8 Å². The first-order valence-corrected chi connectivity index (χ1v) is 3.40. The smallest absolute Gasteiger partial charge is 0.310 e. The number of rotatable bonds is 0. The molecule has 2 nitrogen and oxygen atoms in total. The van der Waals surface area contributed by atoms with Crippen molar-refractivity contribution in [2.24, 2.45) is 0 Å². The van der Waals surface area contributed by atoms with E-state index in [0.717, 1.165) is 0 Å². The molecule has 1 atom stereocenters. The second kappa shape index (κ2) is 2.19. The van der Waals surface area contributed by atoms with E-state index in [1.54, 1.807) is 0 Å². The van der Waals surface area contributed by atoms with E-state index in [-0.39, 0.29) is 12.4 Å². The standard InChI is InChI=1S/C4H3Cl3O2/c5-4(6,7)2-1-3(8)9-2/h2H,1H2/t2-/m0/s1. The minimum absolute atomic E-state index is 0.205. The van der Waals surface area contributed by atoms with Crippen LogP contribution in [-0.4, -0.2) is 15.9 Å². The van der Waals surface area contributed by atoms with Crippen LogP contribution in [0.2, 0.25) is 0 Å². The lowest BCUT2D eigenvalue weighted by Crippen LogP contribution is -2.42. The van der Waals surface area contributed by atoms with Crippen molar-refractivity contribution in [3.63, 3.8) is 0 Å². The molecule has 0 aliphatic carbocycles. The van der Waals surface area contributed by atoms with Gasteiger partial charge >= 0.3 is 5.97 Å². The maximum atomic E-state index is 10.2. The van der Waals surface area contributed by atoms with Gasteiger partial charge in [0.05, 0.1) is 6.42 Å². The first-order chi connectivity index (χ1) is 4.00. The van der Waals surface area contributed by atoms with Crippen LogP contribution in [-0.2, 0) is 9.53 Å². The lowest BCUT2D eigenvalue weighted by molar-refractivity contribution is -0.168. The monoisotopic (exact) mass is 188 g/mol. The number of ether oxygens (including phenoxy) is 1. The highest BCUT2D eigenvalue weighted by atomic mass is 35.6. The zero-order chi connectivity index (χ0) is 7.07. The molecule has 0 aromatic rings. The van der Waals surface area contributed by atoms with Gasteiger partial charge in [0.1, 0.15) is 0 Å². The maximum absolute atomic E-state index is 10.2. The van der Waals surface area contributed by atoms with Crippen molar-refractivity contribution in [1.82, 2.24) is 0 Å². The van der Waals surface area contributed by atoms with Gasteiger partial charge in [-0.3, -0.25) is 4.79 Å². The van der Waals surface area contributed by atoms with E-state index < -0.39 is 9.90 Å². The van der Waals surface area contributed by atoms with Crippen molar-refractivity contribution in [3.05, 3.63) is 0 Å². The van der Waals surface area contributed by atoms with Crippen molar-refractivity contribution in [3.8, 4) is 0 Å². The van der Waals surface area contributed by atoms with E-state index in [2.05, 4.69) is 4.74 Å². The summed E-state index contributed by atoms with van der Waals surface area (Å²) in [5.41, 5.74) is 0. The van der Waals surface area contributed by atoms with E-state index in [1.807, 2.05) is 0 Å². The second-order valence-corrected chi connectivity index (χ2v) is 4.09. The minimum Gasteiger partial charge on any atom is -0.457 e. The van der Waals surface area contributed by atoms with Crippen molar-refractivity contribution in [1.29, 1.82) is 0 Å². The van der Waals surface area contributed by atoms with Gasteiger partial charge in [-0.05, 0) is 0 Å². The van der Waals surface area contributed by atoms with Crippen LogP contribution in [0.15, 0.2) is 0 Å². The number of esters is 1. The molecule has 0 bridgehead atoms. The van der Waals surface area contributed by atoms with E-state index in [0.29, 0.717) is 0 Å². The number of carbonyl (C=O) groups excluding carboxylic acids is 1. The fourth-order valence-electron chi connectivity index (χ4n) is 0.483. The molecule has 52 valence electrons. The van der Waals surface area contributed by atoms with Crippen LogP contribution in [0.5, 0.6) is 0 Å². The Morgan fingerprint density at radius 3 is 2.11 bits per heavy atom. The third-order valence-corrected chi connectivity index (χ3v) is 1.72. The average molecular weight is 189 g/mol. The van der Waals surface area contributed by atoms with Gasteiger partial charge in [-0.25, -0.2) is 0 Å². The third-order valence-electron chi connectivity index (χ3n) is 0.991. The lowest BCUT2D eigenvalue weighted by atomic mass is 10.2. The molecule has 0 spiro atoms. The van der Waals surface area contributed by atoms with Gasteiger partial charge in [-0.15, -0.1) is 0 Å². The molecule has 1 saturated heterocycles. The Labute approximate surface area is 67.0 Å². The molecule has 0 aromatic heterocycles. The van der Waals surface area contributed by atoms with Gasteiger partial charge in [0.25, 0.3) is 0 Å². The Bertz CT molecular complexity index is 131. The van der Waals surface area contributed by atoms with Crippen molar-refractivity contribution < 1.29 is 9.53 Å². The molecule has 9 heavy (non-hydrogen) atoms. The number of halogens is 3. The Balaban J connectivity index is 2.40. The molecular weight excluding hydrogens is 186 g/mol. The molecule has 5 heteroatoms. The normalized spacial score (nSPS) is 27.0. The van der Waals surface area contributed by atoms with Crippen LogP contribution in [0.4, 0.5) is 0 Å².